The van der Waals surface area contributed by atoms with E-state index in [0.717, 1.165) is 5.56 Å². The third-order valence-electron chi connectivity index (χ3n) is 2.48. The first-order valence-corrected chi connectivity index (χ1v) is 7.17. The molecule has 0 radical (unpaired) electrons. The van der Waals surface area contributed by atoms with Crippen LogP contribution in [0.2, 0.25) is 0 Å². The van der Waals surface area contributed by atoms with E-state index in [0.29, 0.717) is 12.4 Å². The van der Waals surface area contributed by atoms with Crippen molar-refractivity contribution in [2.75, 3.05) is 7.05 Å². The number of benzene rings is 1. The van der Waals surface area contributed by atoms with Crippen LogP contribution in [0.3, 0.4) is 0 Å². The number of hydrogen-bond donors (Lipinski definition) is 3. The van der Waals surface area contributed by atoms with Gasteiger partial charge in [-0.3, -0.25) is 5.10 Å². The number of H-pyrrole nitrogens is 1. The molecule has 0 saturated heterocycles. The first-order chi connectivity index (χ1) is 9.12. The van der Waals surface area contributed by atoms with Crippen molar-refractivity contribution in [3.63, 3.8) is 0 Å². The average molecular weight is 281 g/mol. The van der Waals surface area contributed by atoms with Crippen molar-refractivity contribution in [2.45, 2.75) is 18.0 Å². The second-order valence-corrected chi connectivity index (χ2v) is 5.70. The quantitative estimate of drug-likeness (QED) is 0.692. The molecule has 1 aromatic heterocycles. The minimum Gasteiger partial charge on any atom is -0.316 e. The topological polar surface area (TPSA) is 99.8 Å². The van der Waals surface area contributed by atoms with Gasteiger partial charge in [-0.2, -0.15) is 5.10 Å². The molecular weight excluding hydrogens is 266 g/mol. The fourth-order valence-electron chi connectivity index (χ4n) is 1.59. The Labute approximate surface area is 111 Å². The van der Waals surface area contributed by atoms with Crippen molar-refractivity contribution >= 4 is 10.0 Å². The standard InChI is InChI=1S/C11H15N5O2S/c1-12-6-9-3-2-4-10(5-9)19(17,18)15-7-11-13-8-14-16-11/h2-5,8,12,15H,6-7H2,1H3,(H,13,14,16). The molecule has 0 saturated carbocycles. The summed E-state index contributed by atoms with van der Waals surface area (Å²) in [5.74, 6) is 0.468. The molecule has 0 amide bonds. The molecule has 7 nitrogen and oxygen atoms in total. The van der Waals surface area contributed by atoms with Crippen LogP contribution in [-0.4, -0.2) is 30.6 Å². The fourth-order valence-corrected chi connectivity index (χ4v) is 2.65. The van der Waals surface area contributed by atoms with Crippen LogP contribution in [0.25, 0.3) is 0 Å². The lowest BCUT2D eigenvalue weighted by Crippen LogP contribution is -2.24. The first-order valence-electron chi connectivity index (χ1n) is 5.69. The van der Waals surface area contributed by atoms with Crippen LogP contribution >= 0.6 is 0 Å². The van der Waals surface area contributed by atoms with Crippen molar-refractivity contribution < 1.29 is 8.42 Å². The number of sulfonamides is 1. The van der Waals surface area contributed by atoms with Crippen molar-refractivity contribution in [2.24, 2.45) is 0 Å². The summed E-state index contributed by atoms with van der Waals surface area (Å²) in [6, 6.07) is 6.78. The highest BCUT2D eigenvalue weighted by atomic mass is 32.2. The summed E-state index contributed by atoms with van der Waals surface area (Å²) in [4.78, 5) is 4.09. The van der Waals surface area contributed by atoms with E-state index >= 15 is 0 Å². The number of nitrogens with one attached hydrogen (secondary N) is 3. The van der Waals surface area contributed by atoms with Gasteiger partial charge in [-0.25, -0.2) is 18.1 Å². The average Bonchev–Trinajstić information content (AvgIpc) is 2.90. The van der Waals surface area contributed by atoms with Crippen molar-refractivity contribution in [1.82, 2.24) is 25.2 Å². The molecule has 0 bridgehead atoms. The van der Waals surface area contributed by atoms with Crippen LogP contribution in [0.4, 0.5) is 0 Å². The zero-order valence-corrected chi connectivity index (χ0v) is 11.2. The van der Waals surface area contributed by atoms with Gasteiger partial charge in [0.25, 0.3) is 0 Å². The molecule has 19 heavy (non-hydrogen) atoms. The van der Waals surface area contributed by atoms with E-state index < -0.39 is 10.0 Å². The van der Waals surface area contributed by atoms with Gasteiger partial charge in [0.2, 0.25) is 10.0 Å². The summed E-state index contributed by atoms with van der Waals surface area (Å²) >= 11 is 0. The van der Waals surface area contributed by atoms with Gasteiger partial charge in [-0.05, 0) is 24.7 Å². The van der Waals surface area contributed by atoms with E-state index in [2.05, 4.69) is 25.2 Å². The second kappa shape index (κ2) is 5.91. The molecule has 3 N–H and O–H groups in total. The number of rotatable bonds is 6. The van der Waals surface area contributed by atoms with E-state index in [1.54, 1.807) is 18.2 Å². The Hall–Kier alpha value is -1.77. The minimum atomic E-state index is -3.54. The Bertz CT molecular complexity index is 624. The Morgan fingerprint density at radius 3 is 2.84 bits per heavy atom. The molecule has 102 valence electrons. The summed E-state index contributed by atoms with van der Waals surface area (Å²) in [7, 11) is -1.73. The zero-order valence-electron chi connectivity index (χ0n) is 10.4. The van der Waals surface area contributed by atoms with Gasteiger partial charge in [0.15, 0.2) is 0 Å². The van der Waals surface area contributed by atoms with E-state index in [9.17, 15) is 8.42 Å². The molecule has 0 aliphatic heterocycles. The fraction of sp³-hybridized carbons (Fsp3) is 0.273. The molecular formula is C11H15N5O2S. The highest BCUT2D eigenvalue weighted by Gasteiger charge is 2.14. The molecule has 1 heterocycles. The molecule has 2 aromatic rings. The van der Waals surface area contributed by atoms with Gasteiger partial charge in [-0.1, -0.05) is 12.1 Å². The predicted molar refractivity (Wildman–Crippen MR) is 69.6 cm³/mol. The van der Waals surface area contributed by atoms with Gasteiger partial charge in [0.05, 0.1) is 11.4 Å². The highest BCUT2D eigenvalue weighted by molar-refractivity contribution is 7.89. The largest absolute Gasteiger partial charge is 0.316 e. The molecule has 0 atom stereocenters. The summed E-state index contributed by atoms with van der Waals surface area (Å²) < 4.78 is 26.6. The van der Waals surface area contributed by atoms with Crippen LogP contribution in [0, 0.1) is 0 Å². The molecule has 0 aliphatic carbocycles. The number of nitrogens with zero attached hydrogens (tertiary/aromatic N) is 2. The monoisotopic (exact) mass is 281 g/mol. The molecule has 0 unspecified atom stereocenters. The maximum absolute atomic E-state index is 12.1. The minimum absolute atomic E-state index is 0.0819. The Morgan fingerprint density at radius 2 is 2.16 bits per heavy atom. The molecule has 0 fully saturated rings. The third-order valence-corrected chi connectivity index (χ3v) is 3.88. The number of aromatic nitrogens is 3. The molecule has 1 aromatic carbocycles. The smallest absolute Gasteiger partial charge is 0.240 e. The maximum atomic E-state index is 12.1. The third kappa shape index (κ3) is 3.60. The second-order valence-electron chi connectivity index (χ2n) is 3.93. The maximum Gasteiger partial charge on any atom is 0.240 e. The summed E-state index contributed by atoms with van der Waals surface area (Å²) in [5, 5.41) is 9.23. The van der Waals surface area contributed by atoms with E-state index in [4.69, 9.17) is 0 Å². The van der Waals surface area contributed by atoms with Gasteiger partial charge < -0.3 is 5.32 Å². The van der Waals surface area contributed by atoms with Crippen molar-refractivity contribution in [3.8, 4) is 0 Å². The van der Waals surface area contributed by atoms with Crippen molar-refractivity contribution in [1.29, 1.82) is 0 Å². The lowest BCUT2D eigenvalue weighted by atomic mass is 10.2. The number of aromatic amines is 1. The first kappa shape index (κ1) is 13.7. The van der Waals surface area contributed by atoms with Crippen LogP contribution < -0.4 is 10.0 Å². The van der Waals surface area contributed by atoms with Crippen LogP contribution in [0.5, 0.6) is 0 Å². The lowest BCUT2D eigenvalue weighted by Gasteiger charge is -2.07. The Morgan fingerprint density at radius 1 is 1.32 bits per heavy atom. The van der Waals surface area contributed by atoms with Gasteiger partial charge in [0.1, 0.15) is 12.2 Å². The summed E-state index contributed by atoms with van der Waals surface area (Å²) in [6.07, 6.45) is 1.33. The van der Waals surface area contributed by atoms with Crippen LogP contribution in [0.1, 0.15) is 11.4 Å². The van der Waals surface area contributed by atoms with E-state index in [-0.39, 0.29) is 11.4 Å². The van der Waals surface area contributed by atoms with E-state index in [1.807, 2.05) is 13.1 Å². The Balaban J connectivity index is 2.12. The summed E-state index contributed by atoms with van der Waals surface area (Å²) in [6.45, 7) is 0.698. The highest BCUT2D eigenvalue weighted by Crippen LogP contribution is 2.11. The Kier molecular flexibility index (Phi) is 4.25. The van der Waals surface area contributed by atoms with Gasteiger partial charge >= 0.3 is 0 Å². The van der Waals surface area contributed by atoms with Gasteiger partial charge in [0, 0.05) is 6.54 Å². The van der Waals surface area contributed by atoms with Crippen LogP contribution in [-0.2, 0) is 23.1 Å². The number of hydrogen-bond acceptors (Lipinski definition) is 5. The molecule has 2 rings (SSSR count). The van der Waals surface area contributed by atoms with Crippen LogP contribution in [0.15, 0.2) is 35.5 Å². The molecule has 8 heteroatoms. The zero-order chi connectivity index (χ0) is 13.7. The summed E-state index contributed by atoms with van der Waals surface area (Å²) in [5.41, 5.74) is 0.907. The van der Waals surface area contributed by atoms with Crippen molar-refractivity contribution in [3.05, 3.63) is 42.0 Å². The molecule has 0 spiro atoms. The predicted octanol–water partition coefficient (Wildman–Crippen LogP) is 0.00260. The lowest BCUT2D eigenvalue weighted by molar-refractivity contribution is 0.579. The SMILES string of the molecule is CNCc1cccc(S(=O)(=O)NCc2ncn[nH]2)c1. The molecule has 0 aliphatic rings. The van der Waals surface area contributed by atoms with E-state index in [1.165, 1.54) is 6.33 Å². The normalized spacial score (nSPS) is 11.6. The van der Waals surface area contributed by atoms with Gasteiger partial charge in [-0.15, -0.1) is 0 Å².